The van der Waals surface area contributed by atoms with E-state index in [4.69, 9.17) is 0 Å². The van der Waals surface area contributed by atoms with E-state index in [1.54, 1.807) is 0 Å². The lowest BCUT2D eigenvalue weighted by Crippen LogP contribution is -2.29. The van der Waals surface area contributed by atoms with Crippen LogP contribution in [0.2, 0.25) is 0 Å². The summed E-state index contributed by atoms with van der Waals surface area (Å²) in [6.07, 6.45) is 0. The van der Waals surface area contributed by atoms with Crippen LogP contribution in [0.5, 0.6) is 0 Å². The molecule has 1 heteroatoms. The maximum absolute atomic E-state index is 4.21. The van der Waals surface area contributed by atoms with E-state index >= 15 is 0 Å². The van der Waals surface area contributed by atoms with Crippen LogP contribution in [0, 0.1) is 0 Å². The van der Waals surface area contributed by atoms with Crippen LogP contribution in [-0.4, -0.2) is 11.4 Å². The van der Waals surface area contributed by atoms with Gasteiger partial charge in [0.05, 0.1) is 0 Å². The third kappa shape index (κ3) is 2.22. The van der Waals surface area contributed by atoms with Gasteiger partial charge in [0.1, 0.15) is 0 Å². The average Bonchev–Trinajstić information content (AvgIpc) is 2.40. The second kappa shape index (κ2) is 4.79. The molecule has 3 rings (SSSR count). The predicted molar refractivity (Wildman–Crippen MR) is 76.0 cm³/mol. The summed E-state index contributed by atoms with van der Waals surface area (Å²) in [6, 6.07) is 19.2. The molecule has 1 aliphatic rings. The van der Waals surface area contributed by atoms with E-state index in [0.717, 1.165) is 19.6 Å². The van der Waals surface area contributed by atoms with E-state index in [-0.39, 0.29) is 0 Å². The SMILES string of the molecule is C=C1CN(Cc2ccccc2)Cc2ccccc21. The number of fused-ring (bicyclic) bond motifs is 1. The Morgan fingerprint density at radius 3 is 2.44 bits per heavy atom. The van der Waals surface area contributed by atoms with Crippen LogP contribution in [0.4, 0.5) is 0 Å². The van der Waals surface area contributed by atoms with Gasteiger partial charge in [-0.2, -0.15) is 0 Å². The highest BCUT2D eigenvalue weighted by Gasteiger charge is 2.18. The second-order valence-electron chi connectivity index (χ2n) is 4.89. The molecule has 0 bridgehead atoms. The summed E-state index contributed by atoms with van der Waals surface area (Å²) in [5.41, 5.74) is 5.32. The highest BCUT2D eigenvalue weighted by molar-refractivity contribution is 5.69. The van der Waals surface area contributed by atoms with Gasteiger partial charge in [0.25, 0.3) is 0 Å². The van der Waals surface area contributed by atoms with E-state index < -0.39 is 0 Å². The van der Waals surface area contributed by atoms with Gasteiger partial charge in [-0.25, -0.2) is 0 Å². The fraction of sp³-hybridized carbons (Fsp3) is 0.176. The molecule has 0 saturated carbocycles. The van der Waals surface area contributed by atoms with Crippen molar-refractivity contribution in [2.45, 2.75) is 13.1 Å². The summed E-state index contributed by atoms with van der Waals surface area (Å²) >= 11 is 0. The Balaban J connectivity index is 1.80. The molecule has 0 amide bonds. The number of benzene rings is 2. The molecule has 0 aromatic heterocycles. The Bertz CT molecular complexity index is 557. The maximum Gasteiger partial charge on any atom is 0.0246 e. The largest absolute Gasteiger partial charge is 0.291 e. The van der Waals surface area contributed by atoms with Crippen LogP contribution in [0.1, 0.15) is 16.7 Å². The van der Waals surface area contributed by atoms with E-state index in [9.17, 15) is 0 Å². The molecule has 18 heavy (non-hydrogen) atoms. The molecule has 0 aliphatic carbocycles. The van der Waals surface area contributed by atoms with Gasteiger partial charge >= 0.3 is 0 Å². The van der Waals surface area contributed by atoms with Crippen molar-refractivity contribution < 1.29 is 0 Å². The van der Waals surface area contributed by atoms with Gasteiger partial charge in [-0.1, -0.05) is 61.2 Å². The minimum Gasteiger partial charge on any atom is -0.291 e. The lowest BCUT2D eigenvalue weighted by Gasteiger charge is -2.30. The molecule has 1 aliphatic heterocycles. The molecule has 1 nitrogen and oxygen atoms in total. The van der Waals surface area contributed by atoms with Crippen LogP contribution in [-0.2, 0) is 13.1 Å². The van der Waals surface area contributed by atoms with Crippen LogP contribution >= 0.6 is 0 Å². The topological polar surface area (TPSA) is 3.24 Å². The third-order valence-corrected chi connectivity index (χ3v) is 3.46. The summed E-state index contributed by atoms with van der Waals surface area (Å²) in [5.74, 6) is 0. The van der Waals surface area contributed by atoms with Crippen molar-refractivity contribution in [1.29, 1.82) is 0 Å². The van der Waals surface area contributed by atoms with Crippen molar-refractivity contribution in [3.05, 3.63) is 77.9 Å². The summed E-state index contributed by atoms with van der Waals surface area (Å²) in [5, 5.41) is 0. The molecule has 0 atom stereocenters. The van der Waals surface area contributed by atoms with Crippen LogP contribution in [0.25, 0.3) is 5.57 Å². The zero-order valence-electron chi connectivity index (χ0n) is 10.5. The molecule has 0 N–H and O–H groups in total. The van der Waals surface area contributed by atoms with Crippen LogP contribution in [0.3, 0.4) is 0 Å². The Hall–Kier alpha value is -1.86. The third-order valence-electron chi connectivity index (χ3n) is 3.46. The lowest BCUT2D eigenvalue weighted by atomic mass is 9.96. The van der Waals surface area contributed by atoms with Gasteiger partial charge < -0.3 is 0 Å². The minimum absolute atomic E-state index is 0.964. The summed E-state index contributed by atoms with van der Waals surface area (Å²) in [6.45, 7) is 7.18. The average molecular weight is 235 g/mol. The Morgan fingerprint density at radius 1 is 0.889 bits per heavy atom. The Labute approximate surface area is 108 Å². The molecule has 90 valence electrons. The van der Waals surface area contributed by atoms with Gasteiger partial charge in [0.15, 0.2) is 0 Å². The highest BCUT2D eigenvalue weighted by atomic mass is 15.1. The number of rotatable bonds is 2. The molecule has 2 aromatic carbocycles. The van der Waals surface area contributed by atoms with Crippen molar-refractivity contribution in [3.63, 3.8) is 0 Å². The van der Waals surface area contributed by atoms with Crippen LogP contribution < -0.4 is 0 Å². The van der Waals surface area contributed by atoms with Gasteiger partial charge in [-0.3, -0.25) is 4.90 Å². The Morgan fingerprint density at radius 2 is 1.61 bits per heavy atom. The fourth-order valence-electron chi connectivity index (χ4n) is 2.61. The first-order valence-electron chi connectivity index (χ1n) is 6.35. The smallest absolute Gasteiger partial charge is 0.0246 e. The normalized spacial score (nSPS) is 15.4. The van der Waals surface area contributed by atoms with Crippen molar-refractivity contribution >= 4 is 5.57 Å². The monoisotopic (exact) mass is 235 g/mol. The molecule has 0 unspecified atom stereocenters. The molecule has 1 heterocycles. The molecule has 0 spiro atoms. The van der Waals surface area contributed by atoms with Gasteiger partial charge in [0.2, 0.25) is 0 Å². The zero-order chi connectivity index (χ0) is 12.4. The van der Waals surface area contributed by atoms with Crippen molar-refractivity contribution in [2.24, 2.45) is 0 Å². The summed E-state index contributed by atoms with van der Waals surface area (Å²) in [7, 11) is 0. The van der Waals surface area contributed by atoms with Crippen molar-refractivity contribution in [1.82, 2.24) is 4.90 Å². The molecule has 0 radical (unpaired) electrons. The number of hydrogen-bond donors (Lipinski definition) is 0. The first kappa shape index (κ1) is 11.2. The summed E-state index contributed by atoms with van der Waals surface area (Å²) in [4.78, 5) is 2.44. The molecular formula is C17H17N. The van der Waals surface area contributed by atoms with E-state index in [0.29, 0.717) is 0 Å². The van der Waals surface area contributed by atoms with Gasteiger partial charge in [0, 0.05) is 19.6 Å². The summed E-state index contributed by atoms with van der Waals surface area (Å²) < 4.78 is 0. The maximum atomic E-state index is 4.21. The lowest BCUT2D eigenvalue weighted by molar-refractivity contribution is 0.283. The Kier molecular flexibility index (Phi) is 2.99. The van der Waals surface area contributed by atoms with Crippen molar-refractivity contribution in [3.8, 4) is 0 Å². The quantitative estimate of drug-likeness (QED) is 0.767. The number of hydrogen-bond acceptors (Lipinski definition) is 1. The second-order valence-corrected chi connectivity index (χ2v) is 4.89. The first-order valence-corrected chi connectivity index (χ1v) is 6.35. The molecular weight excluding hydrogens is 218 g/mol. The van der Waals surface area contributed by atoms with Gasteiger partial charge in [-0.15, -0.1) is 0 Å². The van der Waals surface area contributed by atoms with Crippen LogP contribution in [0.15, 0.2) is 61.2 Å². The van der Waals surface area contributed by atoms with E-state index in [2.05, 4.69) is 66.1 Å². The highest BCUT2D eigenvalue weighted by Crippen LogP contribution is 2.26. The molecule has 2 aromatic rings. The van der Waals surface area contributed by atoms with E-state index in [1.165, 1.54) is 22.3 Å². The standard InChI is InChI=1S/C17H17N/c1-14-11-18(12-15-7-3-2-4-8-15)13-16-9-5-6-10-17(14)16/h2-10H,1,11-13H2. The zero-order valence-corrected chi connectivity index (χ0v) is 10.5. The molecule has 0 fully saturated rings. The molecule has 0 saturated heterocycles. The van der Waals surface area contributed by atoms with Gasteiger partial charge in [-0.05, 0) is 22.3 Å². The fourth-order valence-corrected chi connectivity index (χ4v) is 2.61. The number of nitrogens with zero attached hydrogens (tertiary/aromatic N) is 1. The minimum atomic E-state index is 0.964. The first-order chi connectivity index (χ1) is 8.83. The van der Waals surface area contributed by atoms with E-state index in [1.807, 2.05) is 0 Å². The predicted octanol–water partition coefficient (Wildman–Crippen LogP) is 3.72. The van der Waals surface area contributed by atoms with Crippen molar-refractivity contribution in [2.75, 3.05) is 6.54 Å².